The summed E-state index contributed by atoms with van der Waals surface area (Å²) >= 11 is 6.02. The van der Waals surface area contributed by atoms with Gasteiger partial charge in [0.2, 0.25) is 0 Å². The summed E-state index contributed by atoms with van der Waals surface area (Å²) < 4.78 is 0. The third-order valence-corrected chi connectivity index (χ3v) is 4.15. The molecule has 1 atom stereocenters. The molecule has 0 spiro atoms. The lowest BCUT2D eigenvalue weighted by atomic mass is 10.1. The van der Waals surface area contributed by atoms with E-state index in [9.17, 15) is 0 Å². The molecular weight excluding hydrogens is 244 g/mol. The third kappa shape index (κ3) is 3.71. The fourth-order valence-corrected chi connectivity index (χ4v) is 2.73. The predicted octanol–water partition coefficient (Wildman–Crippen LogP) is 3.26. The van der Waals surface area contributed by atoms with E-state index in [0.29, 0.717) is 0 Å². The maximum absolute atomic E-state index is 6.02. The van der Waals surface area contributed by atoms with Gasteiger partial charge in [0, 0.05) is 43.8 Å². The van der Waals surface area contributed by atoms with Gasteiger partial charge in [0.1, 0.15) is 0 Å². The quantitative estimate of drug-likeness (QED) is 0.825. The normalized spacial score (nSPS) is 19.9. The Hall–Kier alpha value is -0.570. The Balaban J connectivity index is 1.83. The van der Waals surface area contributed by atoms with Crippen LogP contribution < -0.4 is 0 Å². The zero-order valence-corrected chi connectivity index (χ0v) is 12.2. The first-order valence-electron chi connectivity index (χ1n) is 6.90. The zero-order valence-electron chi connectivity index (χ0n) is 11.4. The van der Waals surface area contributed by atoms with E-state index < -0.39 is 0 Å². The second-order valence-electron chi connectivity index (χ2n) is 5.20. The summed E-state index contributed by atoms with van der Waals surface area (Å²) in [5, 5.41) is 0.839. The maximum Gasteiger partial charge on any atom is 0.0409 e. The number of hydrogen-bond donors (Lipinski definition) is 0. The molecule has 1 saturated heterocycles. The molecule has 1 aromatic carbocycles. The van der Waals surface area contributed by atoms with E-state index in [-0.39, 0.29) is 0 Å². The van der Waals surface area contributed by atoms with E-state index in [2.05, 4.69) is 35.8 Å². The van der Waals surface area contributed by atoms with Crippen molar-refractivity contribution in [2.45, 2.75) is 32.9 Å². The molecule has 1 aromatic rings. The van der Waals surface area contributed by atoms with Crippen LogP contribution in [-0.2, 0) is 6.54 Å². The zero-order chi connectivity index (χ0) is 13.0. The molecule has 3 heteroatoms. The summed E-state index contributed by atoms with van der Waals surface area (Å²) in [7, 11) is 0. The lowest BCUT2D eigenvalue weighted by Crippen LogP contribution is -2.48. The van der Waals surface area contributed by atoms with Crippen LogP contribution in [-0.4, -0.2) is 42.0 Å². The van der Waals surface area contributed by atoms with Crippen LogP contribution in [0.2, 0.25) is 5.02 Å². The van der Waals surface area contributed by atoms with Gasteiger partial charge in [-0.2, -0.15) is 0 Å². The van der Waals surface area contributed by atoms with Crippen molar-refractivity contribution in [1.82, 2.24) is 9.80 Å². The Morgan fingerprint density at radius 2 is 1.94 bits per heavy atom. The van der Waals surface area contributed by atoms with Gasteiger partial charge in [0.05, 0.1) is 0 Å². The minimum atomic E-state index is 0.721. The number of rotatable bonds is 4. The van der Waals surface area contributed by atoms with Crippen molar-refractivity contribution in [3.8, 4) is 0 Å². The van der Waals surface area contributed by atoms with E-state index in [1.807, 2.05) is 12.1 Å². The molecule has 0 unspecified atom stereocenters. The highest BCUT2D eigenvalue weighted by Crippen LogP contribution is 2.15. The Bertz CT molecular complexity index is 373. The van der Waals surface area contributed by atoms with E-state index in [0.717, 1.165) is 30.7 Å². The average Bonchev–Trinajstić information content (AvgIpc) is 2.39. The second kappa shape index (κ2) is 6.55. The summed E-state index contributed by atoms with van der Waals surface area (Å²) in [6.07, 6.45) is 1.24. The molecule has 0 radical (unpaired) electrons. The van der Waals surface area contributed by atoms with Crippen molar-refractivity contribution in [3.63, 3.8) is 0 Å². The fourth-order valence-electron chi connectivity index (χ4n) is 2.51. The molecular formula is C15H23ClN2. The molecule has 1 aliphatic rings. The Morgan fingerprint density at radius 3 is 2.56 bits per heavy atom. The number of benzene rings is 1. The van der Waals surface area contributed by atoms with Crippen molar-refractivity contribution >= 4 is 11.6 Å². The van der Waals surface area contributed by atoms with E-state index in [1.54, 1.807) is 0 Å². The van der Waals surface area contributed by atoms with Crippen LogP contribution >= 0.6 is 11.6 Å². The molecule has 18 heavy (non-hydrogen) atoms. The van der Waals surface area contributed by atoms with Crippen LogP contribution in [0.15, 0.2) is 24.3 Å². The molecule has 2 rings (SSSR count). The summed E-state index contributed by atoms with van der Waals surface area (Å²) in [4.78, 5) is 5.11. The van der Waals surface area contributed by atoms with Crippen molar-refractivity contribution in [1.29, 1.82) is 0 Å². The fraction of sp³-hybridized carbons (Fsp3) is 0.600. The summed E-state index contributed by atoms with van der Waals surface area (Å²) in [5.41, 5.74) is 1.32. The molecule has 1 fully saturated rings. The first kappa shape index (κ1) is 13.9. The van der Waals surface area contributed by atoms with Crippen LogP contribution in [0.1, 0.15) is 25.8 Å². The molecule has 0 amide bonds. The standard InChI is InChI=1S/C15H23ClN2/c1-3-13(2)18-9-7-17(8-10-18)12-14-5-4-6-15(16)11-14/h4-6,11,13H,3,7-10,12H2,1-2H3/t13-/m1/s1. The predicted molar refractivity (Wildman–Crippen MR) is 78.1 cm³/mol. The maximum atomic E-state index is 6.02. The molecule has 2 nitrogen and oxygen atoms in total. The van der Waals surface area contributed by atoms with E-state index in [4.69, 9.17) is 11.6 Å². The first-order valence-corrected chi connectivity index (χ1v) is 7.27. The number of nitrogens with zero attached hydrogens (tertiary/aromatic N) is 2. The highest BCUT2D eigenvalue weighted by Gasteiger charge is 2.19. The van der Waals surface area contributed by atoms with Gasteiger partial charge in [0.15, 0.2) is 0 Å². The smallest absolute Gasteiger partial charge is 0.0409 e. The van der Waals surface area contributed by atoms with Gasteiger partial charge in [-0.05, 0) is 31.0 Å². The first-order chi connectivity index (χ1) is 8.69. The van der Waals surface area contributed by atoms with Crippen LogP contribution in [0.25, 0.3) is 0 Å². The van der Waals surface area contributed by atoms with Gasteiger partial charge < -0.3 is 0 Å². The number of piperazine rings is 1. The van der Waals surface area contributed by atoms with Crippen LogP contribution in [0.3, 0.4) is 0 Å². The average molecular weight is 267 g/mol. The van der Waals surface area contributed by atoms with Crippen LogP contribution in [0.4, 0.5) is 0 Å². The van der Waals surface area contributed by atoms with Crippen molar-refractivity contribution < 1.29 is 0 Å². The van der Waals surface area contributed by atoms with Gasteiger partial charge >= 0.3 is 0 Å². The lowest BCUT2D eigenvalue weighted by Gasteiger charge is -2.37. The SMILES string of the molecule is CC[C@@H](C)N1CCN(Cc2cccc(Cl)c2)CC1. The van der Waals surface area contributed by atoms with Gasteiger partial charge in [0.25, 0.3) is 0 Å². The highest BCUT2D eigenvalue weighted by atomic mass is 35.5. The summed E-state index contributed by atoms with van der Waals surface area (Å²) in [5.74, 6) is 0. The third-order valence-electron chi connectivity index (χ3n) is 3.92. The lowest BCUT2D eigenvalue weighted by molar-refractivity contribution is 0.0964. The summed E-state index contributed by atoms with van der Waals surface area (Å²) in [6.45, 7) is 10.3. The Kier molecular flexibility index (Phi) is 5.04. The van der Waals surface area contributed by atoms with Gasteiger partial charge in [-0.25, -0.2) is 0 Å². The highest BCUT2D eigenvalue weighted by molar-refractivity contribution is 6.30. The van der Waals surface area contributed by atoms with Crippen LogP contribution in [0.5, 0.6) is 0 Å². The molecule has 1 heterocycles. The minimum absolute atomic E-state index is 0.721. The monoisotopic (exact) mass is 266 g/mol. The van der Waals surface area contributed by atoms with Gasteiger partial charge in [-0.3, -0.25) is 9.80 Å². The largest absolute Gasteiger partial charge is 0.298 e. The van der Waals surface area contributed by atoms with Gasteiger partial charge in [-0.1, -0.05) is 30.7 Å². The molecule has 0 aliphatic carbocycles. The van der Waals surface area contributed by atoms with E-state index in [1.165, 1.54) is 25.1 Å². The van der Waals surface area contributed by atoms with Crippen molar-refractivity contribution in [2.24, 2.45) is 0 Å². The van der Waals surface area contributed by atoms with Crippen molar-refractivity contribution in [3.05, 3.63) is 34.9 Å². The van der Waals surface area contributed by atoms with E-state index >= 15 is 0 Å². The summed E-state index contributed by atoms with van der Waals surface area (Å²) in [6, 6.07) is 8.92. The van der Waals surface area contributed by atoms with Crippen LogP contribution in [0, 0.1) is 0 Å². The Labute approximate surface area is 116 Å². The number of hydrogen-bond acceptors (Lipinski definition) is 2. The van der Waals surface area contributed by atoms with Crippen molar-refractivity contribution in [2.75, 3.05) is 26.2 Å². The Morgan fingerprint density at radius 1 is 1.22 bits per heavy atom. The molecule has 100 valence electrons. The molecule has 0 N–H and O–H groups in total. The number of halogens is 1. The molecule has 0 aromatic heterocycles. The van der Waals surface area contributed by atoms with Gasteiger partial charge in [-0.15, -0.1) is 0 Å². The minimum Gasteiger partial charge on any atom is -0.298 e. The second-order valence-corrected chi connectivity index (χ2v) is 5.64. The molecule has 0 saturated carbocycles. The molecule has 1 aliphatic heterocycles. The topological polar surface area (TPSA) is 6.48 Å². The molecule has 0 bridgehead atoms.